The summed E-state index contributed by atoms with van der Waals surface area (Å²) in [5.74, 6) is 0.860. The molecule has 0 radical (unpaired) electrons. The summed E-state index contributed by atoms with van der Waals surface area (Å²) < 4.78 is 1.06. The first-order valence-electron chi connectivity index (χ1n) is 7.42. The highest BCUT2D eigenvalue weighted by atomic mass is 79.9. The lowest BCUT2D eigenvalue weighted by Crippen LogP contribution is -2.28. The number of pyridine rings is 1. The predicted octanol–water partition coefficient (Wildman–Crippen LogP) is 4.63. The molecule has 0 unspecified atom stereocenters. The highest BCUT2D eigenvalue weighted by Crippen LogP contribution is 2.27. The molecule has 5 heteroatoms. The van der Waals surface area contributed by atoms with E-state index in [1.165, 1.54) is 5.56 Å². The molecule has 2 aromatic rings. The van der Waals surface area contributed by atoms with Crippen molar-refractivity contribution in [1.82, 2.24) is 4.98 Å². The van der Waals surface area contributed by atoms with Crippen LogP contribution in [0.15, 0.2) is 41.0 Å². The van der Waals surface area contributed by atoms with Gasteiger partial charge in [0, 0.05) is 16.1 Å². The number of hydrogen-bond donors (Lipinski definition) is 2. The maximum absolute atomic E-state index is 11.9. The molecule has 3 rings (SSSR count). The number of nitrogens with zero attached hydrogens (tertiary/aromatic N) is 1. The van der Waals surface area contributed by atoms with E-state index >= 15 is 0 Å². The molecule has 2 N–H and O–H groups in total. The first-order chi connectivity index (χ1) is 10.6. The normalized spacial score (nSPS) is 14.3. The number of carbonyl (C=O) groups excluding carboxylic acids is 1. The highest BCUT2D eigenvalue weighted by molar-refractivity contribution is 9.10. The Morgan fingerprint density at radius 3 is 2.59 bits per heavy atom. The number of benzene rings is 1. The number of carbonyl (C=O) groups is 1. The van der Waals surface area contributed by atoms with Crippen LogP contribution in [0.2, 0.25) is 0 Å². The molecule has 0 saturated heterocycles. The fraction of sp³-hybridized carbons (Fsp3) is 0.294. The molecular weight excluding hydrogens is 342 g/mol. The third-order valence-corrected chi connectivity index (χ3v) is 4.81. The summed E-state index contributed by atoms with van der Waals surface area (Å²) >= 11 is 3.52. The SMILES string of the molecule is Cc1ccc(Nc2ccc(NC(=O)C3CCC3)nc2)cc1Br. The average Bonchev–Trinajstić information content (AvgIpc) is 2.43. The van der Waals surface area contributed by atoms with Gasteiger partial charge in [0.1, 0.15) is 5.82 Å². The van der Waals surface area contributed by atoms with E-state index in [2.05, 4.69) is 38.5 Å². The molecule has 0 aliphatic heterocycles. The molecule has 0 bridgehead atoms. The van der Waals surface area contributed by atoms with Gasteiger partial charge in [-0.05, 0) is 49.6 Å². The smallest absolute Gasteiger partial charge is 0.228 e. The Labute approximate surface area is 138 Å². The van der Waals surface area contributed by atoms with Gasteiger partial charge in [0.2, 0.25) is 5.91 Å². The van der Waals surface area contributed by atoms with Crippen LogP contribution in [0, 0.1) is 12.8 Å². The van der Waals surface area contributed by atoms with Crippen molar-refractivity contribution in [1.29, 1.82) is 0 Å². The number of nitrogens with one attached hydrogen (secondary N) is 2. The van der Waals surface area contributed by atoms with Crippen molar-refractivity contribution in [3.8, 4) is 0 Å². The molecular formula is C17H18BrN3O. The largest absolute Gasteiger partial charge is 0.354 e. The van der Waals surface area contributed by atoms with E-state index in [1.807, 2.05) is 30.3 Å². The first-order valence-corrected chi connectivity index (χ1v) is 8.21. The maximum atomic E-state index is 11.9. The first kappa shape index (κ1) is 15.0. The van der Waals surface area contributed by atoms with Gasteiger partial charge < -0.3 is 10.6 Å². The van der Waals surface area contributed by atoms with Gasteiger partial charge in [-0.15, -0.1) is 0 Å². The van der Waals surface area contributed by atoms with E-state index in [0.717, 1.165) is 35.1 Å². The Bertz CT molecular complexity index is 681. The second kappa shape index (κ2) is 6.48. The Morgan fingerprint density at radius 2 is 2.00 bits per heavy atom. The van der Waals surface area contributed by atoms with Crippen LogP contribution < -0.4 is 10.6 Å². The molecule has 1 heterocycles. The highest BCUT2D eigenvalue weighted by Gasteiger charge is 2.25. The summed E-state index contributed by atoms with van der Waals surface area (Å²) in [4.78, 5) is 16.2. The zero-order chi connectivity index (χ0) is 15.5. The number of rotatable bonds is 4. The van der Waals surface area contributed by atoms with Crippen molar-refractivity contribution in [3.63, 3.8) is 0 Å². The topological polar surface area (TPSA) is 54.0 Å². The van der Waals surface area contributed by atoms with Crippen molar-refractivity contribution in [2.45, 2.75) is 26.2 Å². The number of hydrogen-bond acceptors (Lipinski definition) is 3. The van der Waals surface area contributed by atoms with Crippen molar-refractivity contribution < 1.29 is 4.79 Å². The minimum Gasteiger partial charge on any atom is -0.354 e. The third kappa shape index (κ3) is 3.47. The summed E-state index contributed by atoms with van der Waals surface area (Å²) in [5, 5.41) is 6.16. The second-order valence-electron chi connectivity index (χ2n) is 5.64. The van der Waals surface area contributed by atoms with Gasteiger partial charge in [-0.25, -0.2) is 4.98 Å². The maximum Gasteiger partial charge on any atom is 0.228 e. The van der Waals surface area contributed by atoms with Crippen LogP contribution >= 0.6 is 15.9 Å². The number of anilines is 3. The summed E-state index contributed by atoms with van der Waals surface area (Å²) in [6, 6.07) is 9.83. The quantitative estimate of drug-likeness (QED) is 0.836. The van der Waals surface area contributed by atoms with E-state index in [4.69, 9.17) is 0 Å². The van der Waals surface area contributed by atoms with Crippen LogP contribution in [0.4, 0.5) is 17.2 Å². The van der Waals surface area contributed by atoms with Gasteiger partial charge in [-0.3, -0.25) is 4.79 Å². The van der Waals surface area contributed by atoms with E-state index in [-0.39, 0.29) is 11.8 Å². The molecule has 1 amide bonds. The van der Waals surface area contributed by atoms with Crippen molar-refractivity contribution in [2.24, 2.45) is 5.92 Å². The van der Waals surface area contributed by atoms with Crippen LogP contribution in [0.3, 0.4) is 0 Å². The Hall–Kier alpha value is -1.88. The fourth-order valence-electron chi connectivity index (χ4n) is 2.28. The van der Waals surface area contributed by atoms with Crippen LogP contribution in [-0.4, -0.2) is 10.9 Å². The number of aryl methyl sites for hydroxylation is 1. The molecule has 1 aliphatic rings. The Morgan fingerprint density at radius 1 is 1.23 bits per heavy atom. The van der Waals surface area contributed by atoms with Crippen molar-refractivity contribution in [2.75, 3.05) is 10.6 Å². The Balaban J connectivity index is 1.63. The number of halogens is 1. The number of amides is 1. The third-order valence-electron chi connectivity index (χ3n) is 3.95. The van der Waals surface area contributed by atoms with E-state index in [1.54, 1.807) is 6.20 Å². The standard InChI is InChI=1S/C17H18BrN3O/c1-11-5-6-13(9-15(11)18)20-14-7-8-16(19-10-14)21-17(22)12-3-2-4-12/h5-10,12,20H,2-4H2,1H3,(H,19,21,22). The van der Waals surface area contributed by atoms with Crippen molar-refractivity contribution >= 4 is 39.0 Å². The zero-order valence-corrected chi connectivity index (χ0v) is 14.0. The van der Waals surface area contributed by atoms with Gasteiger partial charge in [-0.1, -0.05) is 28.4 Å². The van der Waals surface area contributed by atoms with E-state index < -0.39 is 0 Å². The lowest BCUT2D eigenvalue weighted by Gasteiger charge is -2.23. The summed E-state index contributed by atoms with van der Waals surface area (Å²) in [7, 11) is 0. The molecule has 1 aromatic carbocycles. The minimum absolute atomic E-state index is 0.0851. The van der Waals surface area contributed by atoms with Crippen LogP contribution in [0.25, 0.3) is 0 Å². The Kier molecular flexibility index (Phi) is 4.43. The van der Waals surface area contributed by atoms with Crippen LogP contribution in [0.1, 0.15) is 24.8 Å². The van der Waals surface area contributed by atoms with Gasteiger partial charge in [-0.2, -0.15) is 0 Å². The van der Waals surface area contributed by atoms with Gasteiger partial charge in [0.25, 0.3) is 0 Å². The molecule has 114 valence electrons. The van der Waals surface area contributed by atoms with Crippen LogP contribution in [0.5, 0.6) is 0 Å². The molecule has 0 spiro atoms. The lowest BCUT2D eigenvalue weighted by atomic mass is 9.85. The van der Waals surface area contributed by atoms with Gasteiger partial charge in [0.05, 0.1) is 11.9 Å². The number of aromatic nitrogens is 1. The van der Waals surface area contributed by atoms with Gasteiger partial charge >= 0.3 is 0 Å². The molecule has 1 aromatic heterocycles. The fourth-order valence-corrected chi connectivity index (χ4v) is 2.66. The molecule has 22 heavy (non-hydrogen) atoms. The minimum atomic E-state index is 0.0851. The van der Waals surface area contributed by atoms with E-state index in [9.17, 15) is 4.79 Å². The molecule has 1 aliphatic carbocycles. The molecule has 0 atom stereocenters. The average molecular weight is 360 g/mol. The molecule has 1 saturated carbocycles. The lowest BCUT2D eigenvalue weighted by molar-refractivity contribution is -0.122. The molecule has 4 nitrogen and oxygen atoms in total. The summed E-state index contributed by atoms with van der Waals surface area (Å²) in [6.45, 7) is 2.05. The summed E-state index contributed by atoms with van der Waals surface area (Å²) in [5.41, 5.74) is 3.07. The summed E-state index contributed by atoms with van der Waals surface area (Å²) in [6.07, 6.45) is 4.87. The van der Waals surface area contributed by atoms with Crippen LogP contribution in [-0.2, 0) is 4.79 Å². The predicted molar refractivity (Wildman–Crippen MR) is 92.4 cm³/mol. The molecule has 1 fully saturated rings. The monoisotopic (exact) mass is 359 g/mol. The second-order valence-corrected chi connectivity index (χ2v) is 6.49. The van der Waals surface area contributed by atoms with Gasteiger partial charge in [0.15, 0.2) is 0 Å². The van der Waals surface area contributed by atoms with Crippen molar-refractivity contribution in [3.05, 3.63) is 46.6 Å². The zero-order valence-electron chi connectivity index (χ0n) is 12.4. The van der Waals surface area contributed by atoms with E-state index in [0.29, 0.717) is 5.82 Å².